The van der Waals surface area contributed by atoms with Gasteiger partial charge in [-0.15, -0.1) is 11.3 Å². The van der Waals surface area contributed by atoms with Gasteiger partial charge in [-0.05, 0) is 18.9 Å². The lowest BCUT2D eigenvalue weighted by Crippen LogP contribution is -2.42. The van der Waals surface area contributed by atoms with Gasteiger partial charge in [-0.25, -0.2) is 13.2 Å². The van der Waals surface area contributed by atoms with Gasteiger partial charge in [-0.1, -0.05) is 0 Å². The van der Waals surface area contributed by atoms with Crippen molar-refractivity contribution in [1.82, 2.24) is 4.31 Å². The van der Waals surface area contributed by atoms with E-state index in [1.807, 2.05) is 0 Å². The predicted molar refractivity (Wildman–Crippen MR) is 74.8 cm³/mol. The van der Waals surface area contributed by atoms with E-state index in [1.54, 1.807) is 0 Å². The Bertz CT molecular complexity index is 650. The molecular weight excluding hydrogens is 318 g/mol. The van der Waals surface area contributed by atoms with Crippen molar-refractivity contribution in [2.75, 3.05) is 20.2 Å². The number of carbonyl (C=O) groups excluding carboxylic acids is 1. The molecule has 0 spiro atoms. The Labute approximate surface area is 126 Å². The maximum absolute atomic E-state index is 12.5. The fourth-order valence-electron chi connectivity index (χ4n) is 2.17. The zero-order valence-electron chi connectivity index (χ0n) is 11.3. The van der Waals surface area contributed by atoms with Crippen LogP contribution >= 0.6 is 11.3 Å². The summed E-state index contributed by atoms with van der Waals surface area (Å²) in [6.45, 7) is 0.251. The minimum Gasteiger partial charge on any atom is -0.481 e. The number of ether oxygens (including phenoxy) is 1. The SMILES string of the molecule is COC(=O)c1csc(S(=O)(=O)N2CCCC(C(=O)O)C2)c1. The van der Waals surface area contributed by atoms with Crippen molar-refractivity contribution in [3.63, 3.8) is 0 Å². The number of thiophene rings is 1. The monoisotopic (exact) mass is 333 g/mol. The van der Waals surface area contributed by atoms with Crippen LogP contribution in [0.4, 0.5) is 0 Å². The Morgan fingerprint density at radius 2 is 2.19 bits per heavy atom. The minimum atomic E-state index is -3.77. The Hall–Kier alpha value is -1.45. The molecule has 0 aliphatic carbocycles. The zero-order valence-corrected chi connectivity index (χ0v) is 12.9. The number of nitrogens with zero attached hydrogens (tertiary/aromatic N) is 1. The smallest absolute Gasteiger partial charge is 0.338 e. The summed E-state index contributed by atoms with van der Waals surface area (Å²) >= 11 is 0.926. The number of hydrogen-bond donors (Lipinski definition) is 1. The van der Waals surface area contributed by atoms with Crippen molar-refractivity contribution < 1.29 is 27.9 Å². The van der Waals surface area contributed by atoms with E-state index in [-0.39, 0.29) is 22.9 Å². The first kappa shape index (κ1) is 15.9. The number of carboxylic acids is 1. The van der Waals surface area contributed by atoms with Crippen LogP contribution in [0.2, 0.25) is 0 Å². The van der Waals surface area contributed by atoms with Crippen LogP contribution < -0.4 is 0 Å². The number of esters is 1. The summed E-state index contributed by atoms with van der Waals surface area (Å²) in [7, 11) is -2.55. The summed E-state index contributed by atoms with van der Waals surface area (Å²) in [4.78, 5) is 22.4. The van der Waals surface area contributed by atoms with Crippen molar-refractivity contribution in [2.45, 2.75) is 17.1 Å². The third-order valence-electron chi connectivity index (χ3n) is 3.32. The van der Waals surface area contributed by atoms with E-state index >= 15 is 0 Å². The van der Waals surface area contributed by atoms with Crippen LogP contribution in [0.5, 0.6) is 0 Å². The van der Waals surface area contributed by atoms with E-state index in [0.29, 0.717) is 12.8 Å². The van der Waals surface area contributed by atoms with Gasteiger partial charge in [0.05, 0.1) is 18.6 Å². The summed E-state index contributed by atoms with van der Waals surface area (Å²) < 4.78 is 30.7. The lowest BCUT2D eigenvalue weighted by atomic mass is 10.0. The summed E-state index contributed by atoms with van der Waals surface area (Å²) in [5.74, 6) is -2.28. The quantitative estimate of drug-likeness (QED) is 0.826. The molecule has 1 atom stereocenters. The Kier molecular flexibility index (Phi) is 4.64. The third kappa shape index (κ3) is 3.25. The van der Waals surface area contributed by atoms with Gasteiger partial charge in [0.2, 0.25) is 0 Å². The minimum absolute atomic E-state index is 0.0222. The fraction of sp³-hybridized carbons (Fsp3) is 0.500. The Morgan fingerprint density at radius 1 is 1.48 bits per heavy atom. The van der Waals surface area contributed by atoms with Crippen LogP contribution in [0.3, 0.4) is 0 Å². The van der Waals surface area contributed by atoms with Crippen molar-refractivity contribution in [3.05, 3.63) is 17.0 Å². The molecule has 1 saturated heterocycles. The molecule has 116 valence electrons. The number of hydrogen-bond acceptors (Lipinski definition) is 6. The van der Waals surface area contributed by atoms with Crippen LogP contribution in [-0.2, 0) is 19.6 Å². The van der Waals surface area contributed by atoms with Gasteiger partial charge in [0.25, 0.3) is 10.0 Å². The molecule has 1 fully saturated rings. The van der Waals surface area contributed by atoms with Gasteiger partial charge < -0.3 is 9.84 Å². The summed E-state index contributed by atoms with van der Waals surface area (Å²) in [6, 6.07) is 1.26. The number of carbonyl (C=O) groups is 2. The molecular formula is C12H15NO6S2. The average molecular weight is 333 g/mol. The molecule has 1 unspecified atom stereocenters. The number of methoxy groups -OCH3 is 1. The standard InChI is InChI=1S/C12H15NO6S2/c1-19-12(16)9-5-10(20-7-9)21(17,18)13-4-2-3-8(6-13)11(14)15/h5,7-8H,2-4,6H2,1H3,(H,14,15). The predicted octanol–water partition coefficient (Wildman–Crippen LogP) is 1.02. The fourth-order valence-corrected chi connectivity index (χ4v) is 4.99. The number of sulfonamides is 1. The van der Waals surface area contributed by atoms with Crippen molar-refractivity contribution >= 4 is 33.3 Å². The molecule has 0 radical (unpaired) electrons. The molecule has 9 heteroatoms. The van der Waals surface area contributed by atoms with Crippen molar-refractivity contribution in [3.8, 4) is 0 Å². The average Bonchev–Trinajstić information content (AvgIpc) is 2.97. The molecule has 1 aromatic rings. The Balaban J connectivity index is 2.23. The largest absolute Gasteiger partial charge is 0.481 e. The van der Waals surface area contributed by atoms with Crippen LogP contribution in [0.1, 0.15) is 23.2 Å². The van der Waals surface area contributed by atoms with Crippen molar-refractivity contribution in [1.29, 1.82) is 0 Å². The van der Waals surface area contributed by atoms with Gasteiger partial charge in [-0.3, -0.25) is 4.79 Å². The first-order chi connectivity index (χ1) is 9.86. The maximum Gasteiger partial charge on any atom is 0.338 e. The van der Waals surface area contributed by atoms with Gasteiger partial charge in [0, 0.05) is 18.5 Å². The van der Waals surface area contributed by atoms with Gasteiger partial charge in [0.1, 0.15) is 4.21 Å². The highest BCUT2D eigenvalue weighted by Gasteiger charge is 2.34. The molecule has 21 heavy (non-hydrogen) atoms. The molecule has 1 aliphatic rings. The van der Waals surface area contributed by atoms with E-state index in [1.165, 1.54) is 22.9 Å². The number of piperidine rings is 1. The number of aliphatic carboxylic acids is 1. The summed E-state index contributed by atoms with van der Waals surface area (Å²) in [6.07, 6.45) is 0.977. The molecule has 0 saturated carbocycles. The Morgan fingerprint density at radius 3 is 2.81 bits per heavy atom. The molecule has 1 N–H and O–H groups in total. The van der Waals surface area contributed by atoms with E-state index in [4.69, 9.17) is 5.11 Å². The highest BCUT2D eigenvalue weighted by Crippen LogP contribution is 2.28. The van der Waals surface area contributed by atoms with E-state index in [9.17, 15) is 18.0 Å². The highest BCUT2D eigenvalue weighted by molar-refractivity contribution is 7.91. The number of rotatable bonds is 4. The summed E-state index contributed by atoms with van der Waals surface area (Å²) in [5.41, 5.74) is 0.174. The van der Waals surface area contributed by atoms with Crippen LogP contribution in [-0.4, -0.2) is 50.0 Å². The topological polar surface area (TPSA) is 101 Å². The van der Waals surface area contributed by atoms with Crippen LogP contribution in [0, 0.1) is 5.92 Å². The second kappa shape index (κ2) is 6.12. The third-order valence-corrected chi connectivity index (χ3v) is 6.60. The molecule has 0 amide bonds. The molecule has 7 nitrogen and oxygen atoms in total. The zero-order chi connectivity index (χ0) is 15.6. The van der Waals surface area contributed by atoms with E-state index in [2.05, 4.69) is 4.74 Å². The highest BCUT2D eigenvalue weighted by atomic mass is 32.2. The van der Waals surface area contributed by atoms with Crippen molar-refractivity contribution in [2.24, 2.45) is 5.92 Å². The lowest BCUT2D eigenvalue weighted by molar-refractivity contribution is -0.142. The normalized spacial score (nSPS) is 20.1. The van der Waals surface area contributed by atoms with Gasteiger partial charge >= 0.3 is 11.9 Å². The molecule has 0 aromatic carbocycles. The second-order valence-electron chi connectivity index (χ2n) is 4.69. The molecule has 1 aromatic heterocycles. The molecule has 2 rings (SSSR count). The molecule has 2 heterocycles. The second-order valence-corrected chi connectivity index (χ2v) is 7.76. The van der Waals surface area contributed by atoms with Crippen LogP contribution in [0.15, 0.2) is 15.7 Å². The lowest BCUT2D eigenvalue weighted by Gasteiger charge is -2.29. The van der Waals surface area contributed by atoms with Gasteiger partial charge in [-0.2, -0.15) is 4.31 Å². The molecule has 0 bridgehead atoms. The first-order valence-corrected chi connectivity index (χ1v) is 8.58. The number of carboxylic acid groups (broad SMARTS) is 1. The van der Waals surface area contributed by atoms with Crippen LogP contribution in [0.25, 0.3) is 0 Å². The molecule has 1 aliphatic heterocycles. The van der Waals surface area contributed by atoms with Gasteiger partial charge in [0.15, 0.2) is 0 Å². The maximum atomic E-state index is 12.5. The summed E-state index contributed by atoms with van der Waals surface area (Å²) in [5, 5.41) is 10.4. The first-order valence-electron chi connectivity index (χ1n) is 6.26. The van der Waals surface area contributed by atoms with E-state index < -0.39 is 27.9 Å². The van der Waals surface area contributed by atoms with E-state index in [0.717, 1.165) is 11.3 Å².